The van der Waals surface area contributed by atoms with Crippen molar-refractivity contribution in [1.29, 1.82) is 0 Å². The van der Waals surface area contributed by atoms with Crippen LogP contribution in [0.5, 0.6) is 0 Å². The van der Waals surface area contributed by atoms with Crippen molar-refractivity contribution in [1.82, 2.24) is 4.90 Å². The van der Waals surface area contributed by atoms with Crippen LogP contribution in [0.1, 0.15) is 12.8 Å². The van der Waals surface area contributed by atoms with Crippen molar-refractivity contribution in [2.45, 2.75) is 18.4 Å². The third-order valence-corrected chi connectivity index (χ3v) is 2.06. The quantitative estimate of drug-likeness (QED) is 0.384. The van der Waals surface area contributed by atoms with E-state index in [2.05, 4.69) is 11.9 Å². The van der Waals surface area contributed by atoms with Gasteiger partial charge in [-0.05, 0) is 19.9 Å². The van der Waals surface area contributed by atoms with Crippen molar-refractivity contribution in [3.8, 4) is 0 Å². The SMILES string of the molecule is CN1CC12CC2. The average Bonchev–Trinajstić information content (AvgIpc) is 2.25. The highest BCUT2D eigenvalue weighted by Gasteiger charge is 2.58. The van der Waals surface area contributed by atoms with Gasteiger partial charge in [-0.3, -0.25) is 4.90 Å². The predicted octanol–water partition coefficient (Wildman–Crippen LogP) is 0.464. The number of rotatable bonds is 0. The van der Waals surface area contributed by atoms with Gasteiger partial charge >= 0.3 is 0 Å². The second kappa shape index (κ2) is 0.544. The van der Waals surface area contributed by atoms with Gasteiger partial charge in [-0.2, -0.15) is 0 Å². The van der Waals surface area contributed by atoms with E-state index >= 15 is 0 Å². The Morgan fingerprint density at radius 1 is 1.50 bits per heavy atom. The van der Waals surface area contributed by atoms with Gasteiger partial charge < -0.3 is 0 Å². The molecule has 2 aliphatic rings. The zero-order valence-electron chi connectivity index (χ0n) is 4.07. The van der Waals surface area contributed by atoms with Crippen LogP contribution in [-0.4, -0.2) is 24.0 Å². The Morgan fingerprint density at radius 3 is 2.00 bits per heavy atom. The molecule has 1 heterocycles. The molecular formula is C5H9N. The molecule has 0 aromatic rings. The lowest BCUT2D eigenvalue weighted by Gasteiger charge is -1.78. The van der Waals surface area contributed by atoms with Crippen LogP contribution in [0.2, 0.25) is 0 Å². The fourth-order valence-corrected chi connectivity index (χ4v) is 1.09. The molecule has 0 aromatic carbocycles. The van der Waals surface area contributed by atoms with Crippen LogP contribution in [-0.2, 0) is 0 Å². The lowest BCUT2D eigenvalue weighted by molar-refractivity contribution is 0.611. The van der Waals surface area contributed by atoms with Gasteiger partial charge in [0, 0.05) is 12.1 Å². The monoisotopic (exact) mass is 83.1 g/mol. The number of likely N-dealkylation sites (N-methyl/N-ethyl adjacent to an activating group) is 1. The highest BCUT2D eigenvalue weighted by Crippen LogP contribution is 2.52. The fraction of sp³-hybridized carbons (Fsp3) is 1.00. The van der Waals surface area contributed by atoms with Gasteiger partial charge in [0.1, 0.15) is 0 Å². The fourth-order valence-electron chi connectivity index (χ4n) is 1.09. The third-order valence-electron chi connectivity index (χ3n) is 2.06. The van der Waals surface area contributed by atoms with Crippen LogP contribution in [0.4, 0.5) is 0 Å². The van der Waals surface area contributed by atoms with Crippen molar-refractivity contribution >= 4 is 0 Å². The van der Waals surface area contributed by atoms with Crippen molar-refractivity contribution in [3.05, 3.63) is 0 Å². The standard InChI is InChI=1S/C5H9N/c1-6-4-5(6)2-3-5/h2-4H2,1H3. The Hall–Kier alpha value is -0.0400. The highest BCUT2D eigenvalue weighted by atomic mass is 15.4. The maximum Gasteiger partial charge on any atom is 0.0335 e. The smallest absolute Gasteiger partial charge is 0.0335 e. The van der Waals surface area contributed by atoms with E-state index in [-0.39, 0.29) is 0 Å². The van der Waals surface area contributed by atoms with Crippen LogP contribution < -0.4 is 0 Å². The molecule has 0 radical (unpaired) electrons. The normalized spacial score (nSPS) is 46.5. The summed E-state index contributed by atoms with van der Waals surface area (Å²) >= 11 is 0. The molecule has 1 unspecified atom stereocenters. The van der Waals surface area contributed by atoms with Crippen LogP contribution in [0.15, 0.2) is 0 Å². The van der Waals surface area contributed by atoms with Gasteiger partial charge in [0.25, 0.3) is 0 Å². The molecule has 2 fully saturated rings. The summed E-state index contributed by atoms with van der Waals surface area (Å²) in [6.45, 7) is 1.38. The van der Waals surface area contributed by atoms with Crippen molar-refractivity contribution in [3.63, 3.8) is 0 Å². The van der Waals surface area contributed by atoms with E-state index in [0.717, 1.165) is 5.54 Å². The zero-order valence-corrected chi connectivity index (χ0v) is 4.07. The summed E-state index contributed by atoms with van der Waals surface area (Å²) in [4.78, 5) is 2.42. The molecule has 1 heteroatoms. The second-order valence-electron chi connectivity index (χ2n) is 2.58. The first-order valence-electron chi connectivity index (χ1n) is 2.55. The van der Waals surface area contributed by atoms with E-state index < -0.39 is 0 Å². The molecule has 0 N–H and O–H groups in total. The Morgan fingerprint density at radius 2 is 2.00 bits per heavy atom. The molecule has 0 aromatic heterocycles. The number of nitrogens with zero attached hydrogens (tertiary/aromatic N) is 1. The molecule has 34 valence electrons. The Kier molecular flexibility index (Phi) is 0.274. The van der Waals surface area contributed by atoms with Crippen molar-refractivity contribution in [2.75, 3.05) is 13.6 Å². The molecule has 1 saturated carbocycles. The first kappa shape index (κ1) is 3.03. The lowest BCUT2D eigenvalue weighted by Crippen LogP contribution is -1.89. The molecule has 1 spiro atoms. The third kappa shape index (κ3) is 0.178. The summed E-state index contributed by atoms with van der Waals surface area (Å²) in [5.41, 5.74) is 0.792. The van der Waals surface area contributed by atoms with Gasteiger partial charge in [0.15, 0.2) is 0 Å². The topological polar surface area (TPSA) is 3.01 Å². The summed E-state index contributed by atoms with van der Waals surface area (Å²) in [6, 6.07) is 0. The van der Waals surface area contributed by atoms with E-state index in [0.29, 0.717) is 0 Å². The van der Waals surface area contributed by atoms with Gasteiger partial charge in [0.05, 0.1) is 0 Å². The molecule has 1 aliphatic carbocycles. The minimum absolute atomic E-state index is 0.792. The molecule has 6 heavy (non-hydrogen) atoms. The predicted molar refractivity (Wildman–Crippen MR) is 24.6 cm³/mol. The lowest BCUT2D eigenvalue weighted by atomic mass is 10.5. The Balaban J connectivity index is 2.17. The molecule has 1 saturated heterocycles. The van der Waals surface area contributed by atoms with E-state index in [1.165, 1.54) is 19.4 Å². The summed E-state index contributed by atoms with van der Waals surface area (Å²) in [7, 11) is 2.20. The van der Waals surface area contributed by atoms with E-state index in [1.807, 2.05) is 0 Å². The van der Waals surface area contributed by atoms with Crippen molar-refractivity contribution < 1.29 is 0 Å². The molecule has 1 aliphatic heterocycles. The number of hydrogen-bond acceptors (Lipinski definition) is 1. The minimum Gasteiger partial charge on any atom is -0.298 e. The van der Waals surface area contributed by atoms with E-state index in [1.54, 1.807) is 0 Å². The molecule has 0 bridgehead atoms. The second-order valence-corrected chi connectivity index (χ2v) is 2.58. The molecular weight excluding hydrogens is 74.1 g/mol. The number of hydrogen-bond donors (Lipinski definition) is 0. The molecule has 0 amide bonds. The van der Waals surface area contributed by atoms with Crippen LogP contribution >= 0.6 is 0 Å². The molecule has 2 rings (SSSR count). The Bertz CT molecular complexity index is 83.9. The first-order valence-corrected chi connectivity index (χ1v) is 2.55. The van der Waals surface area contributed by atoms with Gasteiger partial charge in [-0.25, -0.2) is 0 Å². The van der Waals surface area contributed by atoms with E-state index in [4.69, 9.17) is 0 Å². The molecule has 1 nitrogen and oxygen atoms in total. The van der Waals surface area contributed by atoms with Gasteiger partial charge in [0.2, 0.25) is 0 Å². The Labute approximate surface area is 37.9 Å². The average molecular weight is 83.1 g/mol. The molecule has 1 atom stereocenters. The maximum atomic E-state index is 2.42. The van der Waals surface area contributed by atoms with Crippen LogP contribution in [0, 0.1) is 0 Å². The van der Waals surface area contributed by atoms with Crippen molar-refractivity contribution in [2.24, 2.45) is 0 Å². The summed E-state index contributed by atoms with van der Waals surface area (Å²) in [5.74, 6) is 0. The van der Waals surface area contributed by atoms with Crippen LogP contribution in [0.3, 0.4) is 0 Å². The van der Waals surface area contributed by atoms with Crippen LogP contribution in [0.25, 0.3) is 0 Å². The van der Waals surface area contributed by atoms with Gasteiger partial charge in [-0.1, -0.05) is 0 Å². The van der Waals surface area contributed by atoms with Gasteiger partial charge in [-0.15, -0.1) is 0 Å². The largest absolute Gasteiger partial charge is 0.298 e. The minimum atomic E-state index is 0.792. The van der Waals surface area contributed by atoms with E-state index in [9.17, 15) is 0 Å². The zero-order chi connectivity index (χ0) is 4.20. The summed E-state index contributed by atoms with van der Waals surface area (Å²) in [5, 5.41) is 0. The first-order chi connectivity index (χ1) is 2.83. The highest BCUT2D eigenvalue weighted by molar-refractivity contribution is 5.16. The summed E-state index contributed by atoms with van der Waals surface area (Å²) < 4.78 is 0. The summed E-state index contributed by atoms with van der Waals surface area (Å²) in [6.07, 6.45) is 2.95. The maximum absolute atomic E-state index is 2.42.